The molecule has 3 aliphatic rings. The summed E-state index contributed by atoms with van der Waals surface area (Å²) in [6.07, 6.45) is -7.16. The van der Waals surface area contributed by atoms with Crippen molar-refractivity contribution in [1.82, 2.24) is 4.90 Å². The molecular weight excluding hydrogens is 512 g/mol. The molecule has 2 aliphatic heterocycles. The van der Waals surface area contributed by atoms with E-state index in [0.717, 1.165) is 12.8 Å². The van der Waals surface area contributed by atoms with Gasteiger partial charge < -0.3 is 9.84 Å². The Kier molecular flexibility index (Phi) is 7.07. The second-order valence-corrected chi connectivity index (χ2v) is 11.1. The SMILES string of the molecule is C[C@H](c1ccc2ccc(OC3CCC(C(F)(F)F)CC3)c(C(F)(F)F)c2c1)N1[C@H]2CC[C@H]1CC(C(=O)O)C2. The molecule has 0 radical (unpaired) electrons. The number of ether oxygens (including phenoxy) is 1. The molecule has 38 heavy (non-hydrogen) atoms. The maximum absolute atomic E-state index is 14.4. The summed E-state index contributed by atoms with van der Waals surface area (Å²) in [4.78, 5) is 13.8. The Bertz CT molecular complexity index is 1170. The van der Waals surface area contributed by atoms with Crippen LogP contribution < -0.4 is 4.74 Å². The van der Waals surface area contributed by atoms with Crippen LogP contribution in [0.15, 0.2) is 30.3 Å². The molecule has 2 saturated heterocycles. The van der Waals surface area contributed by atoms with Gasteiger partial charge in [0.15, 0.2) is 0 Å². The number of aliphatic carboxylic acids is 1. The molecule has 4 nitrogen and oxygen atoms in total. The maximum Gasteiger partial charge on any atom is 0.420 e. The van der Waals surface area contributed by atoms with Gasteiger partial charge in [-0.2, -0.15) is 26.3 Å². The quantitative estimate of drug-likeness (QED) is 0.392. The van der Waals surface area contributed by atoms with E-state index in [9.17, 15) is 36.2 Å². The van der Waals surface area contributed by atoms with Gasteiger partial charge in [0.2, 0.25) is 0 Å². The van der Waals surface area contributed by atoms with Crippen LogP contribution in [0.25, 0.3) is 10.8 Å². The Balaban J connectivity index is 1.43. The third-order valence-corrected chi connectivity index (χ3v) is 8.79. The summed E-state index contributed by atoms with van der Waals surface area (Å²) >= 11 is 0. The monoisotopic (exact) mass is 543 g/mol. The second-order valence-electron chi connectivity index (χ2n) is 11.1. The molecule has 1 N–H and O–H groups in total. The van der Waals surface area contributed by atoms with E-state index in [0.29, 0.717) is 23.8 Å². The average molecular weight is 544 g/mol. The van der Waals surface area contributed by atoms with Crippen molar-refractivity contribution in [2.45, 2.75) is 94.9 Å². The van der Waals surface area contributed by atoms with Crippen LogP contribution in [0, 0.1) is 11.8 Å². The number of hydrogen-bond acceptors (Lipinski definition) is 3. The highest BCUT2D eigenvalue weighted by molar-refractivity contribution is 5.89. The molecule has 3 fully saturated rings. The standard InChI is InChI=1S/C28H31F6NO3/c1-15(35-20-7-8-21(35)13-18(12-20)26(36)37)17-3-2-16-4-11-24(25(23(16)14-17)28(32,33)34)38-22-9-5-19(6-10-22)27(29,30)31/h2-4,11,14-15,18-22H,5-10,12-13H2,1H3,(H,36,37)/t15-,19?,20+,21+,22?/m1/s1. The molecule has 2 heterocycles. The summed E-state index contributed by atoms with van der Waals surface area (Å²) in [6.45, 7) is 1.94. The van der Waals surface area contributed by atoms with Crippen molar-refractivity contribution in [3.05, 3.63) is 41.5 Å². The fourth-order valence-electron chi connectivity index (χ4n) is 6.87. The first-order valence-electron chi connectivity index (χ1n) is 13.2. The van der Waals surface area contributed by atoms with Gasteiger partial charge in [-0.25, -0.2) is 0 Å². The highest BCUT2D eigenvalue weighted by atomic mass is 19.4. The number of piperidine rings is 1. The minimum absolute atomic E-state index is 0.00361. The predicted molar refractivity (Wildman–Crippen MR) is 129 cm³/mol. The van der Waals surface area contributed by atoms with E-state index < -0.39 is 41.8 Å². The van der Waals surface area contributed by atoms with Crippen molar-refractivity contribution in [1.29, 1.82) is 0 Å². The number of nitrogens with zero attached hydrogens (tertiary/aromatic N) is 1. The van der Waals surface area contributed by atoms with Crippen LogP contribution in [0.4, 0.5) is 26.3 Å². The van der Waals surface area contributed by atoms with Crippen LogP contribution in [0.1, 0.15) is 75.5 Å². The van der Waals surface area contributed by atoms with Crippen LogP contribution in [0.3, 0.4) is 0 Å². The molecule has 0 amide bonds. The van der Waals surface area contributed by atoms with Crippen molar-refractivity contribution in [3.63, 3.8) is 0 Å². The average Bonchev–Trinajstić information content (AvgIpc) is 3.10. The largest absolute Gasteiger partial charge is 0.490 e. The molecule has 3 atom stereocenters. The van der Waals surface area contributed by atoms with Gasteiger partial charge in [-0.3, -0.25) is 9.69 Å². The lowest BCUT2D eigenvalue weighted by atomic mass is 9.87. The molecular formula is C28H31F6NO3. The van der Waals surface area contributed by atoms with Gasteiger partial charge >= 0.3 is 18.3 Å². The Morgan fingerprint density at radius 2 is 1.55 bits per heavy atom. The fraction of sp³-hybridized carbons (Fsp3) is 0.607. The van der Waals surface area contributed by atoms with E-state index >= 15 is 0 Å². The van der Waals surface area contributed by atoms with Crippen molar-refractivity contribution in [3.8, 4) is 5.75 Å². The van der Waals surface area contributed by atoms with Gasteiger partial charge in [0.05, 0.1) is 17.9 Å². The number of benzene rings is 2. The minimum Gasteiger partial charge on any atom is -0.490 e. The van der Waals surface area contributed by atoms with E-state index in [-0.39, 0.29) is 54.9 Å². The number of halogens is 6. The third kappa shape index (κ3) is 5.20. The summed E-state index contributed by atoms with van der Waals surface area (Å²) in [5.41, 5.74) is -0.203. The van der Waals surface area contributed by atoms with Crippen molar-refractivity contribution >= 4 is 16.7 Å². The summed E-state index contributed by atoms with van der Waals surface area (Å²) in [6, 6.07) is 7.77. The van der Waals surface area contributed by atoms with Crippen LogP contribution in [-0.4, -0.2) is 40.3 Å². The zero-order chi connectivity index (χ0) is 27.4. The first-order valence-corrected chi connectivity index (χ1v) is 13.2. The maximum atomic E-state index is 14.4. The molecule has 0 aromatic heterocycles. The number of hydrogen-bond donors (Lipinski definition) is 1. The topological polar surface area (TPSA) is 49.8 Å². The smallest absolute Gasteiger partial charge is 0.420 e. The zero-order valence-electron chi connectivity index (χ0n) is 21.0. The van der Waals surface area contributed by atoms with Crippen LogP contribution in [0.2, 0.25) is 0 Å². The lowest BCUT2D eigenvalue weighted by Crippen LogP contribution is -2.45. The Labute approximate surface area is 216 Å². The van der Waals surface area contributed by atoms with Crippen LogP contribution in [0.5, 0.6) is 5.75 Å². The molecule has 1 aliphatic carbocycles. The molecule has 2 aromatic carbocycles. The highest BCUT2D eigenvalue weighted by Gasteiger charge is 2.46. The third-order valence-electron chi connectivity index (χ3n) is 8.79. The first kappa shape index (κ1) is 27.1. The van der Waals surface area contributed by atoms with E-state index in [1.165, 1.54) is 6.07 Å². The molecule has 2 aromatic rings. The second kappa shape index (κ2) is 9.92. The number of fused-ring (bicyclic) bond motifs is 3. The normalized spacial score (nSPS) is 29.4. The van der Waals surface area contributed by atoms with Crippen LogP contribution >= 0.6 is 0 Å². The molecule has 10 heteroatoms. The van der Waals surface area contributed by atoms with E-state index in [1.807, 2.05) is 13.0 Å². The van der Waals surface area contributed by atoms with Gasteiger partial charge in [-0.05, 0) is 86.8 Å². The summed E-state index contributed by atoms with van der Waals surface area (Å²) < 4.78 is 88.0. The van der Waals surface area contributed by atoms with Crippen molar-refractivity contribution in [2.75, 3.05) is 0 Å². The predicted octanol–water partition coefficient (Wildman–Crippen LogP) is 7.75. The van der Waals surface area contributed by atoms with Gasteiger partial charge in [-0.1, -0.05) is 18.2 Å². The molecule has 0 spiro atoms. The van der Waals surface area contributed by atoms with Crippen LogP contribution in [-0.2, 0) is 11.0 Å². The minimum atomic E-state index is -4.72. The number of carboxylic acids is 1. The van der Waals surface area contributed by atoms with Gasteiger partial charge in [0, 0.05) is 18.1 Å². The summed E-state index contributed by atoms with van der Waals surface area (Å²) in [5, 5.41) is 9.87. The number of alkyl halides is 6. The zero-order valence-corrected chi connectivity index (χ0v) is 21.0. The fourth-order valence-corrected chi connectivity index (χ4v) is 6.87. The Morgan fingerprint density at radius 3 is 2.11 bits per heavy atom. The van der Waals surface area contributed by atoms with E-state index in [4.69, 9.17) is 4.74 Å². The first-order chi connectivity index (χ1) is 17.8. The van der Waals surface area contributed by atoms with Gasteiger partial charge in [-0.15, -0.1) is 0 Å². The molecule has 1 saturated carbocycles. The number of carbonyl (C=O) groups is 1. The summed E-state index contributed by atoms with van der Waals surface area (Å²) in [5.74, 6) is -2.99. The number of carboxylic acid groups (broad SMARTS) is 1. The lowest BCUT2D eigenvalue weighted by Gasteiger charge is -2.41. The van der Waals surface area contributed by atoms with E-state index in [2.05, 4.69) is 4.90 Å². The Hall–Kier alpha value is -2.49. The molecule has 208 valence electrons. The van der Waals surface area contributed by atoms with Crippen molar-refractivity contribution < 1.29 is 41.0 Å². The van der Waals surface area contributed by atoms with Gasteiger partial charge in [0.1, 0.15) is 11.3 Å². The molecule has 2 bridgehead atoms. The van der Waals surface area contributed by atoms with E-state index in [1.54, 1.807) is 18.2 Å². The molecule has 0 unspecified atom stereocenters. The van der Waals surface area contributed by atoms with Gasteiger partial charge in [0.25, 0.3) is 0 Å². The highest BCUT2D eigenvalue weighted by Crippen LogP contribution is 2.47. The number of rotatable bonds is 5. The summed E-state index contributed by atoms with van der Waals surface area (Å²) in [7, 11) is 0. The Morgan fingerprint density at radius 1 is 0.947 bits per heavy atom. The molecule has 5 rings (SSSR count). The lowest BCUT2D eigenvalue weighted by molar-refractivity contribution is -0.185. The van der Waals surface area contributed by atoms with Crippen molar-refractivity contribution in [2.24, 2.45) is 11.8 Å².